The number of halogens is 2. The van der Waals surface area contributed by atoms with Crippen LogP contribution in [0.2, 0.25) is 0 Å². The molecule has 3 aromatic rings. The zero-order valence-electron chi connectivity index (χ0n) is 25.4. The smallest absolute Gasteiger partial charge is 0.253 e. The number of ether oxygens (including phenoxy) is 1. The second-order valence-corrected chi connectivity index (χ2v) is 14.2. The van der Waals surface area contributed by atoms with Crippen LogP contribution in [-0.2, 0) is 38.1 Å². The lowest BCUT2D eigenvalue weighted by Gasteiger charge is -2.34. The van der Waals surface area contributed by atoms with E-state index in [1.165, 1.54) is 0 Å². The molecular formula is C31H36F2N6O5S. The number of aromatic nitrogens is 2. The minimum Gasteiger partial charge on any atom is -0.369 e. The van der Waals surface area contributed by atoms with Crippen LogP contribution >= 0.6 is 0 Å². The highest BCUT2D eigenvalue weighted by atomic mass is 32.2. The van der Waals surface area contributed by atoms with Crippen molar-refractivity contribution in [2.24, 2.45) is 0 Å². The van der Waals surface area contributed by atoms with E-state index in [0.29, 0.717) is 47.3 Å². The topological polar surface area (TPSA) is 128 Å². The Morgan fingerprint density at radius 3 is 2.47 bits per heavy atom. The normalized spacial score (nSPS) is 20.4. The van der Waals surface area contributed by atoms with Gasteiger partial charge in [0.1, 0.15) is 17.7 Å². The number of nitrogens with one attached hydrogen (secondary N) is 2. The number of piperazine rings is 1. The molecule has 3 aliphatic heterocycles. The highest BCUT2D eigenvalue weighted by Crippen LogP contribution is 2.43. The zero-order chi connectivity index (χ0) is 32.1. The van der Waals surface area contributed by atoms with Crippen LogP contribution in [0, 0.1) is 11.6 Å². The number of amides is 1. The number of fused-ring (bicyclic) bond motifs is 1. The first kappa shape index (κ1) is 31.3. The van der Waals surface area contributed by atoms with E-state index in [1.54, 1.807) is 19.9 Å². The number of Topliss-reactive ketones (excluding diaryl/α,β-unsaturated/α-hetero) is 1. The number of likely N-dealkylation sites (N-methyl/N-ethyl adjacent to an activating group) is 1. The lowest BCUT2D eigenvalue weighted by molar-refractivity contribution is -0.124. The molecule has 3 aliphatic rings. The van der Waals surface area contributed by atoms with E-state index in [2.05, 4.69) is 32.4 Å². The Bertz CT molecular complexity index is 1730. The number of carbonyl (C=O) groups is 2. The summed E-state index contributed by atoms with van der Waals surface area (Å²) < 4.78 is 61.7. The quantitative estimate of drug-likeness (QED) is 0.358. The van der Waals surface area contributed by atoms with Crippen LogP contribution in [0.15, 0.2) is 41.3 Å². The van der Waals surface area contributed by atoms with Crippen molar-refractivity contribution in [2.75, 3.05) is 50.1 Å². The average molecular weight is 643 g/mol. The highest BCUT2D eigenvalue weighted by molar-refractivity contribution is 7.89. The first-order chi connectivity index (χ1) is 21.3. The molecule has 6 rings (SSSR count). The molecule has 0 bridgehead atoms. The maximum absolute atomic E-state index is 13.9. The van der Waals surface area contributed by atoms with Crippen molar-refractivity contribution in [1.82, 2.24) is 19.4 Å². The van der Waals surface area contributed by atoms with Crippen molar-refractivity contribution in [1.29, 1.82) is 0 Å². The van der Waals surface area contributed by atoms with Crippen molar-refractivity contribution in [3.63, 3.8) is 0 Å². The minimum absolute atomic E-state index is 0.141. The number of sulfonamides is 1. The van der Waals surface area contributed by atoms with Gasteiger partial charge in [-0.05, 0) is 64.1 Å². The van der Waals surface area contributed by atoms with Gasteiger partial charge in [0.05, 0.1) is 28.2 Å². The third-order valence-corrected chi connectivity index (χ3v) is 10.9. The minimum atomic E-state index is -4.33. The Hall–Kier alpha value is -3.72. The van der Waals surface area contributed by atoms with Gasteiger partial charge in [-0.25, -0.2) is 17.2 Å². The first-order valence-electron chi connectivity index (χ1n) is 14.9. The van der Waals surface area contributed by atoms with E-state index in [9.17, 15) is 26.8 Å². The third kappa shape index (κ3) is 5.99. The molecule has 2 aromatic carbocycles. The number of ketones is 1. The van der Waals surface area contributed by atoms with Gasteiger partial charge in [0.2, 0.25) is 10.0 Å². The lowest BCUT2D eigenvalue weighted by Crippen LogP contribution is -2.44. The fourth-order valence-electron chi connectivity index (χ4n) is 6.27. The van der Waals surface area contributed by atoms with E-state index in [4.69, 9.17) is 4.74 Å². The summed E-state index contributed by atoms with van der Waals surface area (Å²) in [5.74, 6) is -2.62. The van der Waals surface area contributed by atoms with E-state index < -0.39 is 38.2 Å². The summed E-state index contributed by atoms with van der Waals surface area (Å²) in [6, 6.07) is 7.56. The van der Waals surface area contributed by atoms with Crippen LogP contribution < -0.4 is 10.2 Å². The number of H-pyrrole nitrogens is 1. The summed E-state index contributed by atoms with van der Waals surface area (Å²) in [7, 11) is -2.26. The monoisotopic (exact) mass is 642 g/mol. The summed E-state index contributed by atoms with van der Waals surface area (Å²) in [5.41, 5.74) is 1.77. The molecule has 0 radical (unpaired) electrons. The molecule has 2 saturated heterocycles. The molecule has 1 aromatic heterocycles. The number of anilines is 2. The van der Waals surface area contributed by atoms with Gasteiger partial charge < -0.3 is 19.9 Å². The van der Waals surface area contributed by atoms with Gasteiger partial charge in [-0.3, -0.25) is 14.7 Å². The third-order valence-electron chi connectivity index (χ3n) is 8.87. The number of aromatic amines is 1. The van der Waals surface area contributed by atoms with Gasteiger partial charge in [-0.2, -0.15) is 9.40 Å². The van der Waals surface area contributed by atoms with Gasteiger partial charge >= 0.3 is 0 Å². The Morgan fingerprint density at radius 1 is 1.09 bits per heavy atom. The maximum Gasteiger partial charge on any atom is 0.253 e. The summed E-state index contributed by atoms with van der Waals surface area (Å²) in [6.07, 6.45) is 0.661. The van der Waals surface area contributed by atoms with E-state index in [0.717, 1.165) is 54.7 Å². The van der Waals surface area contributed by atoms with Crippen molar-refractivity contribution in [3.05, 3.63) is 70.5 Å². The number of carbonyl (C=O) groups excluding carboxylic acids is 2. The number of benzene rings is 2. The zero-order valence-corrected chi connectivity index (χ0v) is 26.2. The fourth-order valence-corrected chi connectivity index (χ4v) is 8.03. The summed E-state index contributed by atoms with van der Waals surface area (Å²) in [4.78, 5) is 30.8. The molecule has 0 spiro atoms. The second-order valence-electron chi connectivity index (χ2n) is 12.3. The SMILES string of the molecule is CN1CCN(c2ccc(C(=O)Cc3[nH]nc4c3CN(S(=O)(=O)c3cc(F)cc(F)c3)C4(C)C)c(NC(=O)C3CCCO3)c2)CC1. The maximum atomic E-state index is 13.9. The van der Waals surface area contributed by atoms with Crippen LogP contribution in [0.3, 0.4) is 0 Å². The Balaban J connectivity index is 1.27. The lowest BCUT2D eigenvalue weighted by atomic mass is 9.98. The fraction of sp³-hybridized carbons (Fsp3) is 0.452. The molecule has 11 nitrogen and oxygen atoms in total. The van der Waals surface area contributed by atoms with Crippen LogP contribution in [0.4, 0.5) is 20.2 Å². The second kappa shape index (κ2) is 11.9. The van der Waals surface area contributed by atoms with Crippen molar-refractivity contribution < 1.29 is 31.5 Å². The van der Waals surface area contributed by atoms with Crippen LogP contribution in [0.25, 0.3) is 0 Å². The van der Waals surface area contributed by atoms with Crippen LogP contribution in [-0.4, -0.2) is 85.4 Å². The van der Waals surface area contributed by atoms with Crippen LogP contribution in [0.5, 0.6) is 0 Å². The van der Waals surface area contributed by atoms with Gasteiger partial charge in [0, 0.05) is 67.9 Å². The molecule has 2 N–H and O–H groups in total. The van der Waals surface area contributed by atoms with Gasteiger partial charge in [0.25, 0.3) is 5.91 Å². The molecule has 0 saturated carbocycles. The van der Waals surface area contributed by atoms with Crippen molar-refractivity contribution in [2.45, 2.75) is 56.2 Å². The highest BCUT2D eigenvalue weighted by Gasteiger charge is 2.48. The molecular weight excluding hydrogens is 606 g/mol. The Labute approximate surface area is 260 Å². The molecule has 2 fully saturated rings. The van der Waals surface area contributed by atoms with Gasteiger partial charge in [-0.1, -0.05) is 0 Å². The predicted octanol–water partition coefficient (Wildman–Crippen LogP) is 3.42. The number of nitrogens with zero attached hydrogens (tertiary/aromatic N) is 4. The van der Waals surface area contributed by atoms with E-state index in [-0.39, 0.29) is 24.7 Å². The van der Waals surface area contributed by atoms with E-state index >= 15 is 0 Å². The van der Waals surface area contributed by atoms with Crippen LogP contribution in [0.1, 0.15) is 54.0 Å². The largest absolute Gasteiger partial charge is 0.369 e. The molecule has 1 amide bonds. The van der Waals surface area contributed by atoms with Crippen molar-refractivity contribution >= 4 is 33.1 Å². The molecule has 45 heavy (non-hydrogen) atoms. The summed E-state index contributed by atoms with van der Waals surface area (Å²) in [6.45, 7) is 7.05. The molecule has 14 heteroatoms. The molecule has 1 unspecified atom stereocenters. The van der Waals surface area contributed by atoms with Gasteiger partial charge in [0.15, 0.2) is 5.78 Å². The summed E-state index contributed by atoms with van der Waals surface area (Å²) in [5, 5.41) is 10.2. The predicted molar refractivity (Wildman–Crippen MR) is 162 cm³/mol. The van der Waals surface area contributed by atoms with Gasteiger partial charge in [-0.15, -0.1) is 0 Å². The standard InChI is InChI=1S/C31H36F2N6O5S/c1-31(2)29-24(18-39(31)45(42,43)22-14-19(32)13-20(33)15-22)26(35-36-29)17-27(40)23-7-6-21(38-10-8-37(3)9-11-38)16-25(23)34-30(41)28-5-4-12-44-28/h6-7,13-16,28H,4-5,8-12,17-18H2,1-3H3,(H,34,41)(H,35,36). The molecule has 4 heterocycles. The Kier molecular flexibility index (Phi) is 8.27. The first-order valence-corrected chi connectivity index (χ1v) is 16.4. The Morgan fingerprint density at radius 2 is 1.80 bits per heavy atom. The summed E-state index contributed by atoms with van der Waals surface area (Å²) >= 11 is 0. The number of rotatable bonds is 8. The van der Waals surface area contributed by atoms with Crippen molar-refractivity contribution in [3.8, 4) is 0 Å². The average Bonchev–Trinajstić information content (AvgIpc) is 3.72. The number of hydrogen-bond donors (Lipinski definition) is 2. The molecule has 1 atom stereocenters. The van der Waals surface area contributed by atoms with E-state index in [1.807, 2.05) is 12.1 Å². The molecule has 0 aliphatic carbocycles. The molecule has 240 valence electrons. The number of hydrogen-bond acceptors (Lipinski definition) is 8.